The van der Waals surface area contributed by atoms with Crippen molar-refractivity contribution < 1.29 is 23.6 Å². The molecule has 8 heteroatoms. The number of benzene rings is 2. The molecule has 144 valence electrons. The van der Waals surface area contributed by atoms with Crippen LogP contribution in [0.3, 0.4) is 0 Å². The van der Waals surface area contributed by atoms with Gasteiger partial charge in [-0.1, -0.05) is 0 Å². The van der Waals surface area contributed by atoms with Crippen molar-refractivity contribution in [1.82, 2.24) is 0 Å². The highest BCUT2D eigenvalue weighted by Crippen LogP contribution is 2.23. The lowest BCUT2D eigenvalue weighted by Gasteiger charge is -2.07. The standard InChI is InChI=1S/C20H18N2O6/c1-13-11-14(22(24)25)3-9-18(13)21-20(23)19-10-8-17(28-19)12-27-16-6-4-15(26-2)5-7-16/h3-11H,12H2,1-2H3,(H,21,23). The first-order valence-electron chi connectivity index (χ1n) is 8.38. The third-order valence-corrected chi connectivity index (χ3v) is 3.99. The van der Waals surface area contributed by atoms with Gasteiger partial charge in [-0.25, -0.2) is 0 Å². The monoisotopic (exact) mass is 382 g/mol. The molecule has 8 nitrogen and oxygen atoms in total. The van der Waals surface area contributed by atoms with E-state index in [1.54, 1.807) is 50.4 Å². The van der Waals surface area contributed by atoms with Crippen LogP contribution in [-0.2, 0) is 6.61 Å². The van der Waals surface area contributed by atoms with Crippen molar-refractivity contribution in [3.8, 4) is 11.5 Å². The van der Waals surface area contributed by atoms with Crippen LogP contribution in [0.5, 0.6) is 11.5 Å². The van der Waals surface area contributed by atoms with Crippen molar-refractivity contribution in [2.45, 2.75) is 13.5 Å². The Kier molecular flexibility index (Phi) is 5.59. The average molecular weight is 382 g/mol. The molecule has 1 heterocycles. The number of furan rings is 1. The molecule has 3 aromatic rings. The van der Waals surface area contributed by atoms with Crippen molar-refractivity contribution in [3.63, 3.8) is 0 Å². The maximum atomic E-state index is 12.3. The molecule has 1 aromatic heterocycles. The van der Waals surface area contributed by atoms with Crippen molar-refractivity contribution in [1.29, 1.82) is 0 Å². The number of carbonyl (C=O) groups is 1. The molecule has 0 fully saturated rings. The Morgan fingerprint density at radius 3 is 2.46 bits per heavy atom. The van der Waals surface area contributed by atoms with Crippen LogP contribution >= 0.6 is 0 Å². The van der Waals surface area contributed by atoms with E-state index in [2.05, 4.69) is 5.32 Å². The predicted molar refractivity (Wildman–Crippen MR) is 102 cm³/mol. The number of amides is 1. The normalized spacial score (nSPS) is 10.4. The molecule has 1 amide bonds. The minimum atomic E-state index is -0.486. The molecule has 2 aromatic carbocycles. The van der Waals surface area contributed by atoms with Crippen LogP contribution in [0.4, 0.5) is 11.4 Å². The summed E-state index contributed by atoms with van der Waals surface area (Å²) < 4.78 is 16.2. The zero-order valence-corrected chi connectivity index (χ0v) is 15.3. The molecule has 3 rings (SSSR count). The number of ether oxygens (including phenoxy) is 2. The summed E-state index contributed by atoms with van der Waals surface area (Å²) in [5.41, 5.74) is 1.02. The maximum absolute atomic E-state index is 12.3. The molecule has 1 N–H and O–H groups in total. The van der Waals surface area contributed by atoms with Gasteiger partial charge in [-0.3, -0.25) is 14.9 Å². The fourth-order valence-electron chi connectivity index (χ4n) is 2.49. The van der Waals surface area contributed by atoms with Gasteiger partial charge in [0, 0.05) is 17.8 Å². The summed E-state index contributed by atoms with van der Waals surface area (Å²) in [6.45, 7) is 1.84. The smallest absolute Gasteiger partial charge is 0.291 e. The number of nitrogens with one attached hydrogen (secondary N) is 1. The van der Waals surface area contributed by atoms with Crippen LogP contribution in [-0.4, -0.2) is 17.9 Å². The number of nitro benzene ring substituents is 1. The van der Waals surface area contributed by atoms with E-state index in [9.17, 15) is 14.9 Å². The molecule has 0 atom stereocenters. The topological polar surface area (TPSA) is 104 Å². The Balaban J connectivity index is 1.61. The second kappa shape index (κ2) is 8.26. The largest absolute Gasteiger partial charge is 0.497 e. The van der Waals surface area contributed by atoms with E-state index in [0.717, 1.165) is 5.75 Å². The molecule has 0 unspecified atom stereocenters. The number of rotatable bonds is 7. The van der Waals surface area contributed by atoms with Crippen LogP contribution in [0.2, 0.25) is 0 Å². The van der Waals surface area contributed by atoms with Gasteiger partial charge in [0.2, 0.25) is 0 Å². The molecule has 0 aliphatic carbocycles. The Bertz CT molecular complexity index is 994. The number of aryl methyl sites for hydroxylation is 1. The molecule has 28 heavy (non-hydrogen) atoms. The first-order valence-corrected chi connectivity index (χ1v) is 8.38. The van der Waals surface area contributed by atoms with Gasteiger partial charge >= 0.3 is 0 Å². The summed E-state index contributed by atoms with van der Waals surface area (Å²) in [5.74, 6) is 1.52. The van der Waals surface area contributed by atoms with E-state index in [1.165, 1.54) is 18.2 Å². The molecular formula is C20H18N2O6. The number of nitrogens with zero attached hydrogens (tertiary/aromatic N) is 1. The second-order valence-corrected chi connectivity index (χ2v) is 5.94. The highest BCUT2D eigenvalue weighted by molar-refractivity contribution is 6.02. The fraction of sp³-hybridized carbons (Fsp3) is 0.150. The van der Waals surface area contributed by atoms with Crippen LogP contribution < -0.4 is 14.8 Å². The summed E-state index contributed by atoms with van der Waals surface area (Å²) in [6.07, 6.45) is 0. The first kappa shape index (κ1) is 19.0. The number of hydrogen-bond acceptors (Lipinski definition) is 6. The van der Waals surface area contributed by atoms with Gasteiger partial charge in [-0.15, -0.1) is 0 Å². The number of nitro groups is 1. The summed E-state index contributed by atoms with van der Waals surface area (Å²) in [5, 5.41) is 13.5. The van der Waals surface area contributed by atoms with Gasteiger partial charge in [0.15, 0.2) is 5.76 Å². The molecule has 0 radical (unpaired) electrons. The number of non-ortho nitro benzene ring substituents is 1. The third kappa shape index (κ3) is 4.47. The first-order chi connectivity index (χ1) is 13.5. The third-order valence-electron chi connectivity index (χ3n) is 3.99. The summed E-state index contributed by atoms with van der Waals surface area (Å²) in [6, 6.07) is 14.5. The highest BCUT2D eigenvalue weighted by Gasteiger charge is 2.15. The van der Waals surface area contributed by atoms with E-state index < -0.39 is 10.8 Å². The van der Waals surface area contributed by atoms with E-state index in [4.69, 9.17) is 13.9 Å². The van der Waals surface area contributed by atoms with Crippen LogP contribution in [0.25, 0.3) is 0 Å². The average Bonchev–Trinajstić information content (AvgIpc) is 3.17. The number of anilines is 1. The fourth-order valence-corrected chi connectivity index (χ4v) is 2.49. The number of hydrogen-bond donors (Lipinski definition) is 1. The molecule has 0 aliphatic heterocycles. The van der Waals surface area contributed by atoms with Crippen LogP contribution in [0.15, 0.2) is 59.0 Å². The maximum Gasteiger partial charge on any atom is 0.291 e. The Morgan fingerprint density at radius 2 is 1.82 bits per heavy atom. The summed E-state index contributed by atoms with van der Waals surface area (Å²) in [7, 11) is 1.59. The second-order valence-electron chi connectivity index (χ2n) is 5.94. The van der Waals surface area contributed by atoms with Crippen molar-refractivity contribution in [2.24, 2.45) is 0 Å². The zero-order valence-electron chi connectivity index (χ0n) is 15.3. The molecule has 0 spiro atoms. The number of carbonyl (C=O) groups excluding carboxylic acids is 1. The van der Waals surface area contributed by atoms with Crippen molar-refractivity contribution >= 4 is 17.3 Å². The van der Waals surface area contributed by atoms with Gasteiger partial charge in [-0.05, 0) is 55.0 Å². The van der Waals surface area contributed by atoms with Gasteiger partial charge in [-0.2, -0.15) is 0 Å². The minimum Gasteiger partial charge on any atom is -0.497 e. The molecular weight excluding hydrogens is 364 g/mol. The lowest BCUT2D eigenvalue weighted by Crippen LogP contribution is -2.12. The SMILES string of the molecule is COc1ccc(OCc2ccc(C(=O)Nc3ccc([N+](=O)[O-])cc3C)o2)cc1. The van der Waals surface area contributed by atoms with E-state index >= 15 is 0 Å². The molecule has 0 saturated heterocycles. The lowest BCUT2D eigenvalue weighted by atomic mass is 10.2. The summed E-state index contributed by atoms with van der Waals surface area (Å²) >= 11 is 0. The van der Waals surface area contributed by atoms with Crippen molar-refractivity contribution in [3.05, 3.63) is 81.8 Å². The molecule has 0 bridgehead atoms. The number of methoxy groups -OCH3 is 1. The quantitative estimate of drug-likeness (QED) is 0.482. The lowest BCUT2D eigenvalue weighted by molar-refractivity contribution is -0.384. The Morgan fingerprint density at radius 1 is 1.11 bits per heavy atom. The van der Waals surface area contributed by atoms with E-state index in [0.29, 0.717) is 22.8 Å². The summed E-state index contributed by atoms with van der Waals surface area (Å²) in [4.78, 5) is 22.7. The van der Waals surface area contributed by atoms with Crippen LogP contribution in [0, 0.1) is 17.0 Å². The van der Waals surface area contributed by atoms with Crippen molar-refractivity contribution in [2.75, 3.05) is 12.4 Å². The van der Waals surface area contributed by atoms with E-state index in [1.807, 2.05) is 0 Å². The molecule has 0 aliphatic rings. The van der Waals surface area contributed by atoms with Gasteiger partial charge in [0.1, 0.15) is 23.9 Å². The van der Waals surface area contributed by atoms with Gasteiger partial charge in [0.25, 0.3) is 11.6 Å². The van der Waals surface area contributed by atoms with E-state index in [-0.39, 0.29) is 18.1 Å². The van der Waals surface area contributed by atoms with Gasteiger partial charge in [0.05, 0.1) is 12.0 Å². The highest BCUT2D eigenvalue weighted by atomic mass is 16.6. The minimum absolute atomic E-state index is 0.0357. The Hall–Kier alpha value is -3.81. The zero-order chi connectivity index (χ0) is 20.1. The molecule has 0 saturated carbocycles. The Labute approximate surface area is 160 Å². The van der Waals surface area contributed by atoms with Crippen LogP contribution in [0.1, 0.15) is 21.9 Å². The van der Waals surface area contributed by atoms with Gasteiger partial charge < -0.3 is 19.2 Å². The predicted octanol–water partition coefficient (Wildman–Crippen LogP) is 4.34.